The summed E-state index contributed by atoms with van der Waals surface area (Å²) in [4.78, 5) is 27.3. The zero-order valence-corrected chi connectivity index (χ0v) is 19.1. The molecule has 3 rings (SSSR count). The molecule has 0 radical (unpaired) electrons. The highest BCUT2D eigenvalue weighted by Gasteiger charge is 2.47. The van der Waals surface area contributed by atoms with E-state index in [1.54, 1.807) is 12.1 Å². The van der Waals surface area contributed by atoms with Crippen molar-refractivity contribution < 1.29 is 33.3 Å². The normalized spacial score (nSPS) is 17.9. The van der Waals surface area contributed by atoms with Gasteiger partial charge in [-0.05, 0) is 38.5 Å². The van der Waals surface area contributed by atoms with Gasteiger partial charge in [-0.3, -0.25) is 9.59 Å². The predicted molar refractivity (Wildman–Crippen MR) is 118 cm³/mol. The Hall–Kier alpha value is -2.97. The molecule has 1 amide bonds. The van der Waals surface area contributed by atoms with Crippen LogP contribution in [0, 0.1) is 0 Å². The summed E-state index contributed by atoms with van der Waals surface area (Å²) < 4.78 is 21.6. The maximum Gasteiger partial charge on any atom is 0.295 e. The Morgan fingerprint density at radius 1 is 1.22 bits per heavy atom. The molecule has 0 spiro atoms. The first kappa shape index (κ1) is 23.7. The number of ketones is 1. The number of likely N-dealkylation sites (tertiary alicyclic amines) is 1. The average molecular weight is 464 g/mol. The summed E-state index contributed by atoms with van der Waals surface area (Å²) in [5.41, 5.74) is 0.0730. The molecular weight excluding hydrogens is 438 g/mol. The van der Waals surface area contributed by atoms with E-state index in [0.29, 0.717) is 18.8 Å². The first-order valence-corrected chi connectivity index (χ1v) is 10.5. The first-order chi connectivity index (χ1) is 15.3. The summed E-state index contributed by atoms with van der Waals surface area (Å²) >= 11 is 6.16. The number of rotatable bonds is 9. The van der Waals surface area contributed by atoms with Gasteiger partial charge in [-0.1, -0.05) is 11.6 Å². The van der Waals surface area contributed by atoms with Gasteiger partial charge in [0, 0.05) is 19.2 Å². The van der Waals surface area contributed by atoms with Crippen molar-refractivity contribution in [2.45, 2.75) is 32.4 Å². The van der Waals surface area contributed by atoms with Gasteiger partial charge in [-0.15, -0.1) is 0 Å². The summed E-state index contributed by atoms with van der Waals surface area (Å²) in [7, 11) is 2.84. The van der Waals surface area contributed by atoms with Crippen molar-refractivity contribution >= 4 is 29.1 Å². The zero-order chi connectivity index (χ0) is 23.4. The van der Waals surface area contributed by atoms with Crippen LogP contribution in [0.25, 0.3) is 5.76 Å². The molecule has 1 aliphatic heterocycles. The van der Waals surface area contributed by atoms with Crippen LogP contribution in [0.5, 0.6) is 11.5 Å². The number of carbonyl (C=O) groups is 2. The second kappa shape index (κ2) is 10.1. The predicted octanol–water partition coefficient (Wildman–Crippen LogP) is 4.19. The largest absolute Gasteiger partial charge is 0.507 e. The van der Waals surface area contributed by atoms with Crippen LogP contribution in [-0.2, 0) is 14.3 Å². The number of Topliss-reactive ketones (excluding diaryl/α,β-unsaturated/α-hetero) is 1. The van der Waals surface area contributed by atoms with Crippen molar-refractivity contribution in [2.75, 3.05) is 27.4 Å². The van der Waals surface area contributed by atoms with E-state index in [-0.39, 0.29) is 40.3 Å². The van der Waals surface area contributed by atoms with Gasteiger partial charge in [0.15, 0.2) is 0 Å². The van der Waals surface area contributed by atoms with Crippen molar-refractivity contribution in [1.82, 2.24) is 4.90 Å². The van der Waals surface area contributed by atoms with Crippen LogP contribution < -0.4 is 9.47 Å². The number of benzene rings is 1. The molecule has 0 aliphatic carbocycles. The second-order valence-corrected chi connectivity index (χ2v) is 7.88. The fourth-order valence-electron chi connectivity index (χ4n) is 3.60. The average Bonchev–Trinajstić information content (AvgIpc) is 3.38. The smallest absolute Gasteiger partial charge is 0.295 e. The Morgan fingerprint density at radius 3 is 2.53 bits per heavy atom. The lowest BCUT2D eigenvalue weighted by Gasteiger charge is -2.23. The SMILES string of the molecule is COc1cc(/C(O)=C2\C(=O)C(=O)N(CCCOC(C)C)C2c2ccco2)c(OC)cc1Cl. The third-order valence-corrected chi connectivity index (χ3v) is 5.37. The van der Waals surface area contributed by atoms with Gasteiger partial charge in [0.05, 0.1) is 42.7 Å². The minimum absolute atomic E-state index is 0.0543. The summed E-state index contributed by atoms with van der Waals surface area (Å²) in [6.07, 6.45) is 2.02. The van der Waals surface area contributed by atoms with E-state index in [1.807, 2.05) is 13.8 Å². The van der Waals surface area contributed by atoms with E-state index in [0.717, 1.165) is 0 Å². The van der Waals surface area contributed by atoms with Crippen molar-refractivity contribution in [1.29, 1.82) is 0 Å². The van der Waals surface area contributed by atoms with Crippen LogP contribution in [0.2, 0.25) is 5.02 Å². The van der Waals surface area contributed by atoms with E-state index in [4.69, 9.17) is 30.2 Å². The number of aliphatic hydroxyl groups excluding tert-OH is 1. The van der Waals surface area contributed by atoms with Crippen molar-refractivity contribution in [3.8, 4) is 11.5 Å². The molecule has 2 heterocycles. The lowest BCUT2D eigenvalue weighted by atomic mass is 9.98. The Morgan fingerprint density at radius 2 is 1.94 bits per heavy atom. The second-order valence-electron chi connectivity index (χ2n) is 7.47. The third kappa shape index (κ3) is 4.61. The van der Waals surface area contributed by atoms with Crippen molar-refractivity contribution in [2.24, 2.45) is 0 Å². The van der Waals surface area contributed by atoms with Gasteiger partial charge in [0.25, 0.3) is 11.7 Å². The Labute approximate surface area is 191 Å². The number of furan rings is 1. The molecule has 1 aromatic carbocycles. The molecule has 1 unspecified atom stereocenters. The van der Waals surface area contributed by atoms with Crippen molar-refractivity contribution in [3.05, 3.63) is 52.4 Å². The summed E-state index contributed by atoms with van der Waals surface area (Å²) in [5.74, 6) is -1.08. The number of halogens is 1. The van der Waals surface area contributed by atoms with Crippen LogP contribution in [0.15, 0.2) is 40.5 Å². The molecule has 1 aromatic heterocycles. The molecule has 0 bridgehead atoms. The van der Waals surface area contributed by atoms with Crippen LogP contribution in [0.1, 0.15) is 37.6 Å². The molecule has 9 heteroatoms. The molecule has 8 nitrogen and oxygen atoms in total. The number of hydrogen-bond donors (Lipinski definition) is 1. The zero-order valence-electron chi connectivity index (χ0n) is 18.4. The highest BCUT2D eigenvalue weighted by molar-refractivity contribution is 6.46. The molecule has 32 heavy (non-hydrogen) atoms. The van der Waals surface area contributed by atoms with E-state index in [1.165, 1.54) is 37.5 Å². The minimum atomic E-state index is -0.893. The van der Waals surface area contributed by atoms with Gasteiger partial charge in [-0.2, -0.15) is 0 Å². The van der Waals surface area contributed by atoms with E-state index >= 15 is 0 Å². The number of carbonyl (C=O) groups excluding carboxylic acids is 2. The molecule has 1 fully saturated rings. The number of methoxy groups -OCH3 is 2. The van der Waals surface area contributed by atoms with Crippen LogP contribution in [0.3, 0.4) is 0 Å². The quantitative estimate of drug-likeness (QED) is 0.257. The number of nitrogens with zero attached hydrogens (tertiary/aromatic N) is 1. The molecular formula is C23H26ClNO7. The van der Waals surface area contributed by atoms with E-state index < -0.39 is 23.5 Å². The Bertz CT molecular complexity index is 1010. The van der Waals surface area contributed by atoms with Gasteiger partial charge in [0.1, 0.15) is 29.1 Å². The number of aliphatic hydroxyl groups is 1. The minimum Gasteiger partial charge on any atom is -0.507 e. The third-order valence-electron chi connectivity index (χ3n) is 5.08. The van der Waals surface area contributed by atoms with Crippen LogP contribution in [0.4, 0.5) is 0 Å². The molecule has 2 aromatic rings. The highest BCUT2D eigenvalue weighted by atomic mass is 35.5. The van der Waals surface area contributed by atoms with Crippen LogP contribution >= 0.6 is 11.6 Å². The standard InChI is InChI=1S/C23H26ClNO7/c1-13(2)31-10-6-8-25-20(16-7-5-9-32-16)19(22(27)23(25)28)21(26)14-11-18(30-4)15(24)12-17(14)29-3/h5,7,9,11-13,20,26H,6,8,10H2,1-4H3/b21-19+. The van der Waals surface area contributed by atoms with E-state index in [9.17, 15) is 14.7 Å². The number of hydrogen-bond acceptors (Lipinski definition) is 7. The Kier molecular flexibility index (Phi) is 7.48. The van der Waals surface area contributed by atoms with Gasteiger partial charge in [0.2, 0.25) is 0 Å². The molecule has 1 aliphatic rings. The first-order valence-electron chi connectivity index (χ1n) is 10.1. The molecule has 0 saturated carbocycles. The lowest BCUT2D eigenvalue weighted by Crippen LogP contribution is -2.31. The molecule has 1 atom stereocenters. The molecule has 172 valence electrons. The van der Waals surface area contributed by atoms with E-state index in [2.05, 4.69) is 0 Å². The number of amides is 1. The highest BCUT2D eigenvalue weighted by Crippen LogP contribution is 2.43. The summed E-state index contributed by atoms with van der Waals surface area (Å²) in [6, 6.07) is 5.34. The topological polar surface area (TPSA) is 98.4 Å². The van der Waals surface area contributed by atoms with Gasteiger partial charge >= 0.3 is 0 Å². The fraction of sp³-hybridized carbons (Fsp3) is 0.391. The van der Waals surface area contributed by atoms with Crippen LogP contribution in [-0.4, -0.2) is 55.2 Å². The summed E-state index contributed by atoms with van der Waals surface area (Å²) in [6.45, 7) is 4.51. The lowest BCUT2D eigenvalue weighted by molar-refractivity contribution is -0.140. The van der Waals surface area contributed by atoms with Gasteiger partial charge in [-0.25, -0.2) is 0 Å². The van der Waals surface area contributed by atoms with Gasteiger partial charge < -0.3 is 28.6 Å². The number of ether oxygens (including phenoxy) is 3. The maximum atomic E-state index is 13.0. The van der Waals surface area contributed by atoms with Crippen molar-refractivity contribution in [3.63, 3.8) is 0 Å². The monoisotopic (exact) mass is 463 g/mol. The fourth-order valence-corrected chi connectivity index (χ4v) is 3.83. The Balaban J connectivity index is 2.08. The molecule has 1 saturated heterocycles. The summed E-state index contributed by atoms with van der Waals surface area (Å²) in [5, 5.41) is 11.5. The molecule has 1 N–H and O–H groups in total. The maximum absolute atomic E-state index is 13.0.